The molecule has 4 N–H and O–H groups in total. The van der Waals surface area contributed by atoms with Crippen molar-refractivity contribution in [2.24, 2.45) is 0 Å². The summed E-state index contributed by atoms with van der Waals surface area (Å²) in [6.07, 6.45) is 0. The van der Waals surface area contributed by atoms with Gasteiger partial charge in [0.1, 0.15) is 11.6 Å². The molecule has 4 rings (SSSR count). The molecule has 146 valence electrons. The Morgan fingerprint density at radius 3 is 2.68 bits per heavy atom. The SMILES string of the molecule is Cc1cc(-c2c(N)nc(-c3ccccc3)nc2NCCN2CCOCC2)n[nH]1. The Bertz CT molecular complexity index is 920. The summed E-state index contributed by atoms with van der Waals surface area (Å²) in [5.74, 6) is 1.71. The first kappa shape index (κ1) is 18.4. The Morgan fingerprint density at radius 2 is 1.96 bits per heavy atom. The zero-order valence-corrected chi connectivity index (χ0v) is 16.0. The molecule has 0 radical (unpaired) electrons. The van der Waals surface area contributed by atoms with Gasteiger partial charge in [0, 0.05) is 37.4 Å². The van der Waals surface area contributed by atoms with Gasteiger partial charge in [-0.25, -0.2) is 9.97 Å². The van der Waals surface area contributed by atoms with Crippen molar-refractivity contribution < 1.29 is 4.74 Å². The van der Waals surface area contributed by atoms with Crippen molar-refractivity contribution in [2.45, 2.75) is 6.92 Å². The third kappa shape index (κ3) is 4.13. The van der Waals surface area contributed by atoms with Crippen molar-refractivity contribution in [3.05, 3.63) is 42.1 Å². The van der Waals surface area contributed by atoms with Crippen LogP contribution in [0.2, 0.25) is 0 Å². The number of nitrogens with zero attached hydrogens (tertiary/aromatic N) is 4. The van der Waals surface area contributed by atoms with E-state index in [1.807, 2.05) is 43.3 Å². The standard InChI is InChI=1S/C20H25N7O/c1-14-13-16(26-25-14)17-18(21)23-19(15-5-3-2-4-6-15)24-20(17)22-7-8-27-9-11-28-12-10-27/h2-6,13H,7-12H2,1H3,(H,25,26)(H3,21,22,23,24). The maximum atomic E-state index is 6.34. The van der Waals surface area contributed by atoms with E-state index in [4.69, 9.17) is 15.5 Å². The average molecular weight is 379 g/mol. The van der Waals surface area contributed by atoms with Crippen LogP contribution in [0.5, 0.6) is 0 Å². The van der Waals surface area contributed by atoms with Crippen LogP contribution in [0.3, 0.4) is 0 Å². The molecule has 1 aliphatic heterocycles. The molecule has 0 saturated carbocycles. The fourth-order valence-corrected chi connectivity index (χ4v) is 3.28. The number of morpholine rings is 1. The maximum Gasteiger partial charge on any atom is 0.163 e. The van der Waals surface area contributed by atoms with Gasteiger partial charge in [-0.3, -0.25) is 10.00 Å². The number of benzene rings is 1. The number of aryl methyl sites for hydroxylation is 1. The van der Waals surface area contributed by atoms with Crippen LogP contribution in [0.1, 0.15) is 5.69 Å². The lowest BCUT2D eigenvalue weighted by molar-refractivity contribution is 0.0398. The van der Waals surface area contributed by atoms with E-state index in [1.54, 1.807) is 0 Å². The third-order valence-electron chi connectivity index (χ3n) is 4.76. The van der Waals surface area contributed by atoms with E-state index in [2.05, 4.69) is 25.4 Å². The first-order valence-corrected chi connectivity index (χ1v) is 9.50. The van der Waals surface area contributed by atoms with Crippen LogP contribution in [0.25, 0.3) is 22.6 Å². The Kier molecular flexibility index (Phi) is 5.50. The second-order valence-corrected chi connectivity index (χ2v) is 6.84. The third-order valence-corrected chi connectivity index (χ3v) is 4.76. The zero-order chi connectivity index (χ0) is 19.3. The van der Waals surface area contributed by atoms with Gasteiger partial charge in [0.15, 0.2) is 5.82 Å². The van der Waals surface area contributed by atoms with Gasteiger partial charge >= 0.3 is 0 Å². The molecule has 0 aliphatic carbocycles. The molecule has 0 atom stereocenters. The summed E-state index contributed by atoms with van der Waals surface area (Å²) in [6, 6.07) is 11.8. The Labute approximate surface area is 164 Å². The predicted molar refractivity (Wildman–Crippen MR) is 110 cm³/mol. The number of hydrogen-bond donors (Lipinski definition) is 3. The van der Waals surface area contributed by atoms with Gasteiger partial charge in [0.05, 0.1) is 24.5 Å². The molecular formula is C20H25N7O. The summed E-state index contributed by atoms with van der Waals surface area (Å²) in [6.45, 7) is 7.10. The van der Waals surface area contributed by atoms with Crippen LogP contribution in [0, 0.1) is 6.92 Å². The molecule has 3 aromatic rings. The lowest BCUT2D eigenvalue weighted by Gasteiger charge is -2.26. The van der Waals surface area contributed by atoms with Crippen molar-refractivity contribution in [1.82, 2.24) is 25.1 Å². The Balaban J connectivity index is 1.63. The molecule has 1 saturated heterocycles. The van der Waals surface area contributed by atoms with Crippen molar-refractivity contribution in [1.29, 1.82) is 0 Å². The number of rotatable bonds is 6. The van der Waals surface area contributed by atoms with Gasteiger partial charge in [0.25, 0.3) is 0 Å². The van der Waals surface area contributed by atoms with Gasteiger partial charge in [-0.2, -0.15) is 5.10 Å². The number of nitrogens with two attached hydrogens (primary N) is 1. The molecule has 0 amide bonds. The molecule has 0 unspecified atom stereocenters. The first-order valence-electron chi connectivity index (χ1n) is 9.50. The number of hydrogen-bond acceptors (Lipinski definition) is 7. The van der Waals surface area contributed by atoms with Gasteiger partial charge in [0.2, 0.25) is 0 Å². The van der Waals surface area contributed by atoms with E-state index in [0.717, 1.165) is 61.9 Å². The minimum Gasteiger partial charge on any atom is -0.383 e. The van der Waals surface area contributed by atoms with Crippen LogP contribution in [-0.2, 0) is 4.74 Å². The first-order chi connectivity index (χ1) is 13.7. The molecule has 2 aromatic heterocycles. The normalized spacial score (nSPS) is 14.9. The molecule has 1 fully saturated rings. The highest BCUT2D eigenvalue weighted by atomic mass is 16.5. The Hall–Kier alpha value is -2.97. The second-order valence-electron chi connectivity index (χ2n) is 6.84. The largest absolute Gasteiger partial charge is 0.383 e. The fourth-order valence-electron chi connectivity index (χ4n) is 3.28. The monoisotopic (exact) mass is 379 g/mol. The van der Waals surface area contributed by atoms with Crippen LogP contribution >= 0.6 is 0 Å². The number of aromatic nitrogens is 4. The van der Waals surface area contributed by atoms with Crippen LogP contribution < -0.4 is 11.1 Å². The molecule has 3 heterocycles. The molecule has 1 aromatic carbocycles. The lowest BCUT2D eigenvalue weighted by Crippen LogP contribution is -2.39. The molecule has 28 heavy (non-hydrogen) atoms. The van der Waals surface area contributed by atoms with Crippen molar-refractivity contribution in [2.75, 3.05) is 50.4 Å². The van der Waals surface area contributed by atoms with Gasteiger partial charge in [-0.05, 0) is 13.0 Å². The predicted octanol–water partition coefficient (Wildman–Crippen LogP) is 2.17. The summed E-state index contributed by atoms with van der Waals surface area (Å²) in [4.78, 5) is 11.7. The molecule has 8 heteroatoms. The smallest absolute Gasteiger partial charge is 0.163 e. The highest BCUT2D eigenvalue weighted by Crippen LogP contribution is 2.32. The van der Waals surface area contributed by atoms with Crippen LogP contribution in [-0.4, -0.2) is 64.5 Å². The van der Waals surface area contributed by atoms with Crippen LogP contribution in [0.15, 0.2) is 36.4 Å². The number of H-pyrrole nitrogens is 1. The summed E-state index contributed by atoms with van der Waals surface area (Å²) < 4.78 is 5.41. The quantitative estimate of drug-likeness (QED) is 0.603. The van der Waals surface area contributed by atoms with Crippen molar-refractivity contribution >= 4 is 11.6 Å². The minimum atomic E-state index is 0.411. The van der Waals surface area contributed by atoms with Crippen LogP contribution in [0.4, 0.5) is 11.6 Å². The maximum absolute atomic E-state index is 6.34. The van der Waals surface area contributed by atoms with E-state index >= 15 is 0 Å². The number of anilines is 2. The van der Waals surface area contributed by atoms with E-state index < -0.39 is 0 Å². The summed E-state index contributed by atoms with van der Waals surface area (Å²) in [5.41, 5.74) is 9.70. The molecule has 0 bridgehead atoms. The number of aromatic amines is 1. The van der Waals surface area contributed by atoms with Gasteiger partial charge in [-0.15, -0.1) is 0 Å². The molecule has 1 aliphatic rings. The van der Waals surface area contributed by atoms with E-state index in [9.17, 15) is 0 Å². The highest BCUT2D eigenvalue weighted by molar-refractivity contribution is 5.83. The topological polar surface area (TPSA) is 105 Å². The van der Waals surface area contributed by atoms with Gasteiger partial charge in [-0.1, -0.05) is 30.3 Å². The molecule has 8 nitrogen and oxygen atoms in total. The average Bonchev–Trinajstić information content (AvgIpc) is 3.15. The number of nitrogen functional groups attached to an aromatic ring is 1. The fraction of sp³-hybridized carbons (Fsp3) is 0.350. The molecule has 0 spiro atoms. The summed E-state index contributed by atoms with van der Waals surface area (Å²) >= 11 is 0. The Morgan fingerprint density at radius 1 is 1.18 bits per heavy atom. The zero-order valence-electron chi connectivity index (χ0n) is 16.0. The van der Waals surface area contributed by atoms with Crippen molar-refractivity contribution in [3.8, 4) is 22.6 Å². The number of nitrogens with one attached hydrogen (secondary N) is 2. The van der Waals surface area contributed by atoms with Gasteiger partial charge < -0.3 is 15.8 Å². The van der Waals surface area contributed by atoms with Crippen molar-refractivity contribution in [3.63, 3.8) is 0 Å². The second kappa shape index (κ2) is 8.37. The minimum absolute atomic E-state index is 0.411. The lowest BCUT2D eigenvalue weighted by atomic mass is 10.1. The van der Waals surface area contributed by atoms with E-state index in [0.29, 0.717) is 17.5 Å². The highest BCUT2D eigenvalue weighted by Gasteiger charge is 2.18. The van der Waals surface area contributed by atoms with E-state index in [-0.39, 0.29) is 0 Å². The van der Waals surface area contributed by atoms with E-state index in [1.165, 1.54) is 0 Å². The summed E-state index contributed by atoms with van der Waals surface area (Å²) in [7, 11) is 0. The number of ether oxygens (including phenoxy) is 1. The summed E-state index contributed by atoms with van der Waals surface area (Å²) in [5, 5.41) is 10.8. The molecular weight excluding hydrogens is 354 g/mol.